The van der Waals surface area contributed by atoms with Crippen LogP contribution in [-0.2, 0) is 9.53 Å². The normalized spacial score (nSPS) is 12.2. The van der Waals surface area contributed by atoms with E-state index in [1.807, 2.05) is 0 Å². The van der Waals surface area contributed by atoms with Crippen molar-refractivity contribution >= 4 is 33.8 Å². The average Bonchev–Trinajstić information content (AvgIpc) is 2.36. The topological polar surface area (TPSA) is 84.5 Å². The van der Waals surface area contributed by atoms with E-state index in [0.29, 0.717) is 5.56 Å². The molecule has 3 amide bonds. The van der Waals surface area contributed by atoms with Crippen LogP contribution in [0.4, 0.5) is 4.79 Å². The zero-order chi connectivity index (χ0) is 16.9. The van der Waals surface area contributed by atoms with Crippen molar-refractivity contribution in [2.24, 2.45) is 0 Å². The van der Waals surface area contributed by atoms with Crippen molar-refractivity contribution in [3.05, 3.63) is 34.3 Å². The average molecular weight is 371 g/mol. The highest BCUT2D eigenvalue weighted by Crippen LogP contribution is 2.12. The molecule has 0 aliphatic heterocycles. The number of amides is 3. The molecule has 0 saturated carbocycles. The molecule has 0 radical (unpaired) electrons. The van der Waals surface area contributed by atoms with Crippen LogP contribution in [-0.4, -0.2) is 29.6 Å². The van der Waals surface area contributed by atoms with Crippen LogP contribution in [0.1, 0.15) is 38.1 Å². The van der Waals surface area contributed by atoms with Crippen molar-refractivity contribution in [2.75, 3.05) is 0 Å². The van der Waals surface area contributed by atoms with Gasteiger partial charge in [-0.3, -0.25) is 10.1 Å². The summed E-state index contributed by atoms with van der Waals surface area (Å²) < 4.78 is 5.85. The van der Waals surface area contributed by atoms with Crippen LogP contribution in [0, 0.1) is 0 Å². The standard InChI is InChI=1S/C15H19BrN2O4/c1-9(12(19)17-14(21)18-15(2,3)4)22-13(20)10-5-7-11(16)8-6-10/h5-9H,1-4H3,(H2,17,18,19,21). The molecule has 6 nitrogen and oxygen atoms in total. The summed E-state index contributed by atoms with van der Waals surface area (Å²) >= 11 is 3.26. The van der Waals surface area contributed by atoms with E-state index in [4.69, 9.17) is 4.74 Å². The van der Waals surface area contributed by atoms with Crippen molar-refractivity contribution in [3.8, 4) is 0 Å². The zero-order valence-electron chi connectivity index (χ0n) is 12.9. The van der Waals surface area contributed by atoms with Gasteiger partial charge in [-0.05, 0) is 52.0 Å². The lowest BCUT2D eigenvalue weighted by atomic mass is 10.1. The van der Waals surface area contributed by atoms with Crippen LogP contribution in [0.25, 0.3) is 0 Å². The number of nitrogens with one attached hydrogen (secondary N) is 2. The van der Waals surface area contributed by atoms with E-state index in [1.54, 1.807) is 45.0 Å². The molecule has 0 fully saturated rings. The third kappa shape index (κ3) is 6.26. The smallest absolute Gasteiger partial charge is 0.338 e. The Bertz CT molecular complexity index is 564. The number of benzene rings is 1. The minimum Gasteiger partial charge on any atom is -0.449 e. The summed E-state index contributed by atoms with van der Waals surface area (Å²) in [6, 6.07) is 5.90. The van der Waals surface area contributed by atoms with E-state index in [-0.39, 0.29) is 0 Å². The highest BCUT2D eigenvalue weighted by molar-refractivity contribution is 9.10. The fraction of sp³-hybridized carbons (Fsp3) is 0.400. The molecule has 0 bridgehead atoms. The molecule has 1 aromatic rings. The molecule has 2 N–H and O–H groups in total. The molecule has 0 aliphatic rings. The molecule has 1 rings (SSSR count). The van der Waals surface area contributed by atoms with Gasteiger partial charge < -0.3 is 10.1 Å². The second-order valence-corrected chi connectivity index (χ2v) is 6.66. The van der Waals surface area contributed by atoms with E-state index in [1.165, 1.54) is 6.92 Å². The lowest BCUT2D eigenvalue weighted by Gasteiger charge is -2.21. The predicted octanol–water partition coefficient (Wildman–Crippen LogP) is 2.62. The van der Waals surface area contributed by atoms with Crippen LogP contribution in [0.3, 0.4) is 0 Å². The lowest BCUT2D eigenvalue weighted by Crippen LogP contribution is -2.50. The summed E-state index contributed by atoms with van der Waals surface area (Å²) in [4.78, 5) is 35.2. The van der Waals surface area contributed by atoms with Crippen molar-refractivity contribution in [3.63, 3.8) is 0 Å². The molecule has 22 heavy (non-hydrogen) atoms. The van der Waals surface area contributed by atoms with Crippen molar-refractivity contribution in [1.29, 1.82) is 0 Å². The molecule has 0 saturated heterocycles. The second-order valence-electron chi connectivity index (χ2n) is 5.75. The Kier molecular flexibility index (Phi) is 6.11. The Hall–Kier alpha value is -1.89. The van der Waals surface area contributed by atoms with Crippen molar-refractivity contribution < 1.29 is 19.1 Å². The zero-order valence-corrected chi connectivity index (χ0v) is 14.5. The van der Waals surface area contributed by atoms with E-state index < -0.39 is 29.6 Å². The fourth-order valence-corrected chi connectivity index (χ4v) is 1.72. The van der Waals surface area contributed by atoms with Gasteiger partial charge >= 0.3 is 12.0 Å². The Labute approximate surface area is 137 Å². The summed E-state index contributed by atoms with van der Waals surface area (Å²) in [5.74, 6) is -1.32. The number of rotatable bonds is 3. The fourth-order valence-electron chi connectivity index (χ4n) is 1.45. The van der Waals surface area contributed by atoms with Gasteiger partial charge in [0.15, 0.2) is 6.10 Å². The number of imide groups is 1. The van der Waals surface area contributed by atoms with Gasteiger partial charge in [-0.2, -0.15) is 0 Å². The predicted molar refractivity (Wildman–Crippen MR) is 85.4 cm³/mol. The van der Waals surface area contributed by atoms with Crippen LogP contribution in [0.5, 0.6) is 0 Å². The number of carbonyl (C=O) groups excluding carboxylic acids is 3. The molecule has 0 heterocycles. The Morgan fingerprint density at radius 3 is 2.18 bits per heavy atom. The summed E-state index contributed by atoms with van der Waals surface area (Å²) in [5, 5.41) is 4.71. The van der Waals surface area contributed by atoms with Gasteiger partial charge in [-0.1, -0.05) is 15.9 Å². The van der Waals surface area contributed by atoms with Gasteiger partial charge in [-0.25, -0.2) is 9.59 Å². The second kappa shape index (κ2) is 7.40. The Balaban J connectivity index is 2.55. The quantitative estimate of drug-likeness (QED) is 0.800. The molecule has 0 spiro atoms. The lowest BCUT2D eigenvalue weighted by molar-refractivity contribution is -0.127. The first kappa shape index (κ1) is 18.2. The Morgan fingerprint density at radius 1 is 1.14 bits per heavy atom. The molecule has 1 unspecified atom stereocenters. The molecule has 0 aliphatic carbocycles. The maximum atomic E-state index is 11.9. The molecule has 0 aromatic heterocycles. The SMILES string of the molecule is CC(OC(=O)c1ccc(Br)cc1)C(=O)NC(=O)NC(C)(C)C. The van der Waals surface area contributed by atoms with Gasteiger partial charge in [0.2, 0.25) is 0 Å². The van der Waals surface area contributed by atoms with Crippen LogP contribution in [0.2, 0.25) is 0 Å². The Morgan fingerprint density at radius 2 is 1.68 bits per heavy atom. The first-order valence-electron chi connectivity index (χ1n) is 6.68. The summed E-state index contributed by atoms with van der Waals surface area (Å²) in [5.41, 5.74) is -0.149. The first-order chi connectivity index (χ1) is 10.1. The van der Waals surface area contributed by atoms with Gasteiger partial charge in [0.05, 0.1) is 5.56 Å². The number of hydrogen-bond acceptors (Lipinski definition) is 4. The number of urea groups is 1. The van der Waals surface area contributed by atoms with Gasteiger partial charge in [-0.15, -0.1) is 0 Å². The molecular formula is C15H19BrN2O4. The van der Waals surface area contributed by atoms with E-state index >= 15 is 0 Å². The number of hydrogen-bond donors (Lipinski definition) is 2. The van der Waals surface area contributed by atoms with Gasteiger partial charge in [0, 0.05) is 10.0 Å². The summed E-state index contributed by atoms with van der Waals surface area (Å²) in [6.45, 7) is 6.76. The van der Waals surface area contributed by atoms with Crippen LogP contribution >= 0.6 is 15.9 Å². The monoisotopic (exact) mass is 370 g/mol. The molecule has 1 aromatic carbocycles. The summed E-state index contributed by atoms with van der Waals surface area (Å²) in [6.07, 6.45) is -1.08. The third-order valence-corrected chi connectivity index (χ3v) is 2.99. The largest absolute Gasteiger partial charge is 0.449 e. The molecule has 7 heteroatoms. The maximum Gasteiger partial charge on any atom is 0.338 e. The van der Waals surface area contributed by atoms with E-state index in [2.05, 4.69) is 26.6 Å². The minimum absolute atomic E-state index is 0.321. The van der Waals surface area contributed by atoms with Gasteiger partial charge in [0.1, 0.15) is 0 Å². The minimum atomic E-state index is -1.08. The van der Waals surface area contributed by atoms with E-state index in [0.717, 1.165) is 4.47 Å². The maximum absolute atomic E-state index is 11.9. The van der Waals surface area contributed by atoms with E-state index in [9.17, 15) is 14.4 Å². The number of halogens is 1. The first-order valence-corrected chi connectivity index (χ1v) is 7.47. The van der Waals surface area contributed by atoms with Crippen LogP contribution in [0.15, 0.2) is 28.7 Å². The number of carbonyl (C=O) groups is 3. The highest BCUT2D eigenvalue weighted by Gasteiger charge is 2.22. The van der Waals surface area contributed by atoms with Crippen LogP contribution < -0.4 is 10.6 Å². The third-order valence-electron chi connectivity index (χ3n) is 2.46. The number of esters is 1. The molecule has 120 valence electrons. The van der Waals surface area contributed by atoms with Gasteiger partial charge in [0.25, 0.3) is 5.91 Å². The summed E-state index contributed by atoms with van der Waals surface area (Å²) in [7, 11) is 0. The highest BCUT2D eigenvalue weighted by atomic mass is 79.9. The number of ether oxygens (including phenoxy) is 1. The van der Waals surface area contributed by atoms with Crippen molar-refractivity contribution in [1.82, 2.24) is 10.6 Å². The molecule has 1 atom stereocenters. The molecular weight excluding hydrogens is 352 g/mol. The van der Waals surface area contributed by atoms with Crippen molar-refractivity contribution in [2.45, 2.75) is 39.3 Å².